The van der Waals surface area contributed by atoms with Gasteiger partial charge in [0, 0.05) is 34.1 Å². The van der Waals surface area contributed by atoms with Gasteiger partial charge in [-0.1, -0.05) is 146 Å². The molecule has 0 fully saturated rings. The Kier molecular flexibility index (Phi) is 7.94. The molecule has 0 aliphatic carbocycles. The summed E-state index contributed by atoms with van der Waals surface area (Å²) in [7, 11) is 0. The number of benzene rings is 8. The highest BCUT2D eigenvalue weighted by Gasteiger charge is 2.20. The summed E-state index contributed by atoms with van der Waals surface area (Å²) in [5.41, 5.74) is 18.8. The summed E-state index contributed by atoms with van der Waals surface area (Å²) >= 11 is 0. The van der Waals surface area contributed by atoms with Gasteiger partial charge in [-0.25, -0.2) is 10.4 Å². The second kappa shape index (κ2) is 13.5. The molecule has 4 heteroatoms. The predicted octanol–water partition coefficient (Wildman–Crippen LogP) is 12.6. The van der Waals surface area contributed by atoms with Crippen LogP contribution in [0.2, 0.25) is 0 Å². The Morgan fingerprint density at radius 3 is 1.93 bits per heavy atom. The number of nitrogens with one attached hydrogen (secondary N) is 2. The zero-order chi connectivity index (χ0) is 35.8. The first-order valence-electron chi connectivity index (χ1n) is 18.4. The van der Waals surface area contributed by atoms with Crippen LogP contribution in [0.25, 0.3) is 82.7 Å². The third-order valence-corrected chi connectivity index (χ3v) is 10.4. The van der Waals surface area contributed by atoms with E-state index in [0.29, 0.717) is 6.54 Å². The number of hydrogen-bond donors (Lipinski definition) is 2. The van der Waals surface area contributed by atoms with Crippen LogP contribution in [-0.2, 0) is 6.54 Å². The Morgan fingerprint density at radius 2 is 1.09 bits per heavy atom. The number of fused-ring (bicyclic) bond motifs is 7. The molecule has 0 saturated carbocycles. The minimum Gasteiger partial charge on any atom is -0.321 e. The fourth-order valence-electron chi connectivity index (χ4n) is 7.90. The lowest BCUT2D eigenvalue weighted by Crippen LogP contribution is -2.20. The number of nitrogens with zero attached hydrogens (tertiary/aromatic N) is 2. The summed E-state index contributed by atoms with van der Waals surface area (Å²) in [5, 5.41) is 7.47. The Labute approximate surface area is 314 Å². The number of rotatable bonds is 8. The molecule has 2 heterocycles. The van der Waals surface area contributed by atoms with E-state index in [1.54, 1.807) is 0 Å². The number of anilines is 1. The highest BCUT2D eigenvalue weighted by molar-refractivity contribution is 6.28. The topological polar surface area (TPSA) is 41.9 Å². The van der Waals surface area contributed by atoms with E-state index in [1.165, 1.54) is 37.9 Å². The first-order valence-corrected chi connectivity index (χ1v) is 18.4. The lowest BCUT2D eigenvalue weighted by Gasteiger charge is -2.16. The van der Waals surface area contributed by atoms with E-state index < -0.39 is 0 Å². The average molecular weight is 693 g/mol. The van der Waals surface area contributed by atoms with Crippen molar-refractivity contribution in [3.05, 3.63) is 200 Å². The third-order valence-electron chi connectivity index (χ3n) is 10.4. The second-order valence-corrected chi connectivity index (χ2v) is 13.8. The number of hydrogen-bond acceptors (Lipinski definition) is 3. The summed E-state index contributed by atoms with van der Waals surface area (Å²) in [4.78, 5) is 5.37. The fourth-order valence-corrected chi connectivity index (χ4v) is 7.90. The molecule has 8 aromatic carbocycles. The molecule has 10 rings (SSSR count). The van der Waals surface area contributed by atoms with Gasteiger partial charge in [0.2, 0.25) is 0 Å². The molecule has 0 bridgehead atoms. The second-order valence-electron chi connectivity index (χ2n) is 13.8. The van der Waals surface area contributed by atoms with E-state index in [-0.39, 0.29) is 0 Å². The number of aromatic nitrogens is 2. The highest BCUT2D eigenvalue weighted by Crippen LogP contribution is 2.42. The summed E-state index contributed by atoms with van der Waals surface area (Å²) in [6.07, 6.45) is 0. The minimum atomic E-state index is 0.665. The van der Waals surface area contributed by atoms with Crippen LogP contribution in [0.5, 0.6) is 0 Å². The smallest absolute Gasteiger partial charge is 0.0736 e. The summed E-state index contributed by atoms with van der Waals surface area (Å²) in [6.45, 7) is 0.665. The van der Waals surface area contributed by atoms with Crippen molar-refractivity contribution in [1.82, 2.24) is 15.0 Å². The van der Waals surface area contributed by atoms with Crippen LogP contribution < -0.4 is 10.9 Å². The van der Waals surface area contributed by atoms with Crippen molar-refractivity contribution in [1.29, 1.82) is 0 Å². The first kappa shape index (κ1) is 31.7. The van der Waals surface area contributed by atoms with E-state index in [2.05, 4.69) is 191 Å². The molecule has 0 saturated heterocycles. The van der Waals surface area contributed by atoms with E-state index >= 15 is 0 Å². The molecule has 0 unspecified atom stereocenters. The Balaban J connectivity index is 1.21. The molecule has 2 N–H and O–H groups in total. The lowest BCUT2D eigenvalue weighted by molar-refractivity contribution is 0.802. The van der Waals surface area contributed by atoms with Gasteiger partial charge in [-0.15, -0.1) is 0 Å². The Bertz CT molecular complexity index is 2890. The van der Waals surface area contributed by atoms with Crippen molar-refractivity contribution in [3.63, 3.8) is 0 Å². The van der Waals surface area contributed by atoms with E-state index in [0.717, 1.165) is 56.0 Å². The molecule has 256 valence electrons. The van der Waals surface area contributed by atoms with E-state index in [4.69, 9.17) is 4.98 Å². The maximum absolute atomic E-state index is 5.37. The SMILES string of the molecule is c1ccc(NNCc2ccc3c(c2)c2c4c(ccc5ccccc54)ccc2n3-c2ccccc2-c2cc(-c3ccccc3)cc(-c3ccccc3)n2)cc1. The number of pyridine rings is 1. The van der Waals surface area contributed by atoms with Crippen LogP contribution in [0, 0.1) is 0 Å². The van der Waals surface area contributed by atoms with Gasteiger partial charge in [0.1, 0.15) is 0 Å². The van der Waals surface area contributed by atoms with Crippen molar-refractivity contribution in [2.45, 2.75) is 6.54 Å². The van der Waals surface area contributed by atoms with E-state index in [1.807, 2.05) is 18.2 Å². The molecular formula is C50H36N4. The van der Waals surface area contributed by atoms with Crippen molar-refractivity contribution in [2.24, 2.45) is 0 Å². The van der Waals surface area contributed by atoms with Gasteiger partial charge in [-0.05, 0) is 86.8 Å². The molecule has 0 radical (unpaired) electrons. The van der Waals surface area contributed by atoms with Crippen LogP contribution >= 0.6 is 0 Å². The lowest BCUT2D eigenvalue weighted by atomic mass is 9.97. The highest BCUT2D eigenvalue weighted by atomic mass is 15.3. The largest absolute Gasteiger partial charge is 0.321 e. The normalized spacial score (nSPS) is 11.5. The molecule has 4 nitrogen and oxygen atoms in total. The third kappa shape index (κ3) is 5.66. The molecule has 0 amide bonds. The van der Waals surface area contributed by atoms with Gasteiger partial charge < -0.3 is 9.99 Å². The fraction of sp³-hybridized carbons (Fsp3) is 0.0200. The van der Waals surface area contributed by atoms with Crippen LogP contribution in [0.1, 0.15) is 5.56 Å². The van der Waals surface area contributed by atoms with Crippen molar-refractivity contribution in [2.75, 3.05) is 5.43 Å². The van der Waals surface area contributed by atoms with Gasteiger partial charge in [-0.2, -0.15) is 0 Å². The van der Waals surface area contributed by atoms with Crippen molar-refractivity contribution < 1.29 is 0 Å². The Morgan fingerprint density at radius 1 is 0.444 bits per heavy atom. The first-order chi connectivity index (χ1) is 26.8. The van der Waals surface area contributed by atoms with Gasteiger partial charge in [0.05, 0.1) is 28.1 Å². The van der Waals surface area contributed by atoms with Gasteiger partial charge in [0.15, 0.2) is 0 Å². The zero-order valence-electron chi connectivity index (χ0n) is 29.6. The van der Waals surface area contributed by atoms with Gasteiger partial charge in [-0.3, -0.25) is 0 Å². The summed E-state index contributed by atoms with van der Waals surface area (Å²) in [5.74, 6) is 0. The van der Waals surface area contributed by atoms with Crippen LogP contribution in [-0.4, -0.2) is 9.55 Å². The average Bonchev–Trinajstić information content (AvgIpc) is 3.58. The summed E-state index contributed by atoms with van der Waals surface area (Å²) < 4.78 is 2.44. The van der Waals surface area contributed by atoms with Crippen LogP contribution in [0.3, 0.4) is 0 Å². The molecule has 0 atom stereocenters. The quantitative estimate of drug-likeness (QED) is 0.123. The maximum atomic E-state index is 5.37. The number of para-hydroxylation sites is 2. The van der Waals surface area contributed by atoms with Gasteiger partial charge in [0.25, 0.3) is 0 Å². The van der Waals surface area contributed by atoms with Crippen LogP contribution in [0.15, 0.2) is 194 Å². The molecule has 0 aliphatic heterocycles. The van der Waals surface area contributed by atoms with Crippen molar-refractivity contribution in [3.8, 4) is 39.3 Å². The van der Waals surface area contributed by atoms with E-state index in [9.17, 15) is 0 Å². The molecule has 0 aliphatic rings. The summed E-state index contributed by atoms with van der Waals surface area (Å²) in [6, 6.07) is 69.1. The van der Waals surface area contributed by atoms with Crippen LogP contribution in [0.4, 0.5) is 5.69 Å². The molecule has 2 aromatic heterocycles. The molecule has 0 spiro atoms. The zero-order valence-corrected chi connectivity index (χ0v) is 29.6. The number of hydrazine groups is 1. The Hall–Kier alpha value is -7.01. The standard InChI is InChI=1S/C50H36N4/c1-4-14-35(15-5-1)39-31-44(37-17-6-2-7-18-37)52-45(32-39)42-22-12-13-23-46(42)54-47-28-24-34(33-51-53-40-19-8-3-9-20-40)30-43(47)50-48(54)29-27-38-26-25-36-16-10-11-21-41(36)49(38)50/h1-32,51,53H,33H2. The maximum Gasteiger partial charge on any atom is 0.0736 e. The predicted molar refractivity (Wildman–Crippen MR) is 227 cm³/mol. The molecule has 10 aromatic rings. The minimum absolute atomic E-state index is 0.665. The molecule has 54 heavy (non-hydrogen) atoms. The molecular weight excluding hydrogens is 657 g/mol. The van der Waals surface area contributed by atoms with Gasteiger partial charge >= 0.3 is 0 Å². The monoisotopic (exact) mass is 692 g/mol. The van der Waals surface area contributed by atoms with Crippen molar-refractivity contribution >= 4 is 49.0 Å².